The SMILES string of the molecule is CCOc1cc(/C=C2\SC(=Nc3ccccc3)NC2=O)cc(I)c1OCc1cccc2ccccc12. The van der Waals surface area contributed by atoms with E-state index in [4.69, 9.17) is 9.47 Å². The van der Waals surface area contributed by atoms with Crippen LogP contribution in [0.4, 0.5) is 5.69 Å². The molecule has 0 atom stereocenters. The zero-order valence-corrected chi connectivity index (χ0v) is 22.5. The lowest BCUT2D eigenvalue weighted by molar-refractivity contribution is -0.115. The van der Waals surface area contributed by atoms with Gasteiger partial charge in [-0.25, -0.2) is 4.99 Å². The van der Waals surface area contributed by atoms with Gasteiger partial charge in [-0.05, 0) is 93.5 Å². The van der Waals surface area contributed by atoms with E-state index in [1.165, 1.54) is 22.5 Å². The number of amidine groups is 1. The average molecular weight is 606 g/mol. The summed E-state index contributed by atoms with van der Waals surface area (Å²) < 4.78 is 13.1. The monoisotopic (exact) mass is 606 g/mol. The molecule has 0 bridgehead atoms. The summed E-state index contributed by atoms with van der Waals surface area (Å²) in [5, 5.41) is 5.76. The normalized spacial score (nSPS) is 15.4. The summed E-state index contributed by atoms with van der Waals surface area (Å²) in [7, 11) is 0. The molecule has 5 rings (SSSR count). The van der Waals surface area contributed by atoms with Gasteiger partial charge in [-0.1, -0.05) is 60.7 Å². The average Bonchev–Trinajstić information content (AvgIpc) is 3.22. The number of carbonyl (C=O) groups is 1. The van der Waals surface area contributed by atoms with Gasteiger partial charge in [0.25, 0.3) is 5.91 Å². The van der Waals surface area contributed by atoms with Crippen LogP contribution in [0.2, 0.25) is 0 Å². The van der Waals surface area contributed by atoms with Gasteiger partial charge in [0, 0.05) is 0 Å². The Balaban J connectivity index is 1.39. The van der Waals surface area contributed by atoms with Gasteiger partial charge in [-0.2, -0.15) is 0 Å². The van der Waals surface area contributed by atoms with Crippen LogP contribution < -0.4 is 14.8 Å². The lowest BCUT2D eigenvalue weighted by Gasteiger charge is -2.16. The first-order chi connectivity index (χ1) is 17.6. The van der Waals surface area contributed by atoms with E-state index >= 15 is 0 Å². The van der Waals surface area contributed by atoms with Crippen LogP contribution in [-0.4, -0.2) is 17.7 Å². The number of nitrogens with zero attached hydrogens (tertiary/aromatic N) is 1. The Labute approximate surface area is 227 Å². The summed E-state index contributed by atoms with van der Waals surface area (Å²) in [6.45, 7) is 2.87. The van der Waals surface area contributed by atoms with E-state index < -0.39 is 0 Å². The molecule has 0 saturated carbocycles. The maximum Gasteiger partial charge on any atom is 0.264 e. The van der Waals surface area contributed by atoms with Crippen LogP contribution in [-0.2, 0) is 11.4 Å². The number of hydrogen-bond acceptors (Lipinski definition) is 5. The first-order valence-corrected chi connectivity index (χ1v) is 13.4. The molecule has 1 aliphatic heterocycles. The highest BCUT2D eigenvalue weighted by atomic mass is 127. The number of fused-ring (bicyclic) bond motifs is 1. The zero-order chi connectivity index (χ0) is 24.9. The second kappa shape index (κ2) is 11.2. The number of thioether (sulfide) groups is 1. The molecule has 7 heteroatoms. The molecule has 0 spiro atoms. The number of halogens is 1. The molecule has 36 heavy (non-hydrogen) atoms. The molecule has 180 valence electrons. The minimum atomic E-state index is -0.168. The van der Waals surface area contributed by atoms with Crippen molar-refractivity contribution in [3.63, 3.8) is 0 Å². The van der Waals surface area contributed by atoms with E-state index in [1.54, 1.807) is 0 Å². The van der Waals surface area contributed by atoms with Crippen LogP contribution in [0.1, 0.15) is 18.1 Å². The minimum absolute atomic E-state index is 0.168. The highest BCUT2D eigenvalue weighted by molar-refractivity contribution is 14.1. The molecule has 0 radical (unpaired) electrons. The fourth-order valence-corrected chi connectivity index (χ4v) is 5.52. The third-order valence-corrected chi connectivity index (χ3v) is 7.23. The molecule has 1 aliphatic rings. The second-order valence-corrected chi connectivity index (χ2v) is 10.2. The third kappa shape index (κ3) is 5.57. The number of amides is 1. The molecule has 1 fully saturated rings. The Morgan fingerprint density at radius 2 is 1.75 bits per heavy atom. The number of ether oxygens (including phenoxy) is 2. The molecule has 0 aromatic heterocycles. The van der Waals surface area contributed by atoms with Crippen LogP contribution >= 0.6 is 34.4 Å². The maximum atomic E-state index is 12.6. The quantitative estimate of drug-likeness (QED) is 0.177. The Kier molecular flexibility index (Phi) is 7.58. The minimum Gasteiger partial charge on any atom is -0.490 e. The third-order valence-electron chi connectivity index (χ3n) is 5.52. The Morgan fingerprint density at radius 1 is 0.972 bits per heavy atom. The van der Waals surface area contributed by atoms with Crippen molar-refractivity contribution in [2.45, 2.75) is 13.5 Å². The number of carbonyl (C=O) groups excluding carboxylic acids is 1. The number of benzene rings is 4. The van der Waals surface area contributed by atoms with Gasteiger partial charge in [0.15, 0.2) is 16.7 Å². The molecular formula is C29H23IN2O3S. The Hall–Kier alpha value is -3.30. The van der Waals surface area contributed by atoms with Crippen molar-refractivity contribution in [2.75, 3.05) is 6.61 Å². The van der Waals surface area contributed by atoms with E-state index in [2.05, 4.69) is 57.2 Å². The molecule has 1 N–H and O–H groups in total. The lowest BCUT2D eigenvalue weighted by Crippen LogP contribution is -2.19. The molecule has 4 aromatic rings. The molecule has 5 nitrogen and oxygen atoms in total. The van der Waals surface area contributed by atoms with Crippen molar-refractivity contribution < 1.29 is 14.3 Å². The summed E-state index contributed by atoms with van der Waals surface area (Å²) in [5.41, 5.74) is 2.77. The molecular weight excluding hydrogens is 583 g/mol. The van der Waals surface area contributed by atoms with E-state index in [0.29, 0.717) is 34.8 Å². The van der Waals surface area contributed by atoms with Crippen molar-refractivity contribution in [2.24, 2.45) is 4.99 Å². The predicted octanol–water partition coefficient (Wildman–Crippen LogP) is 7.31. The predicted molar refractivity (Wildman–Crippen MR) is 156 cm³/mol. The maximum absolute atomic E-state index is 12.6. The highest BCUT2D eigenvalue weighted by Crippen LogP contribution is 2.37. The van der Waals surface area contributed by atoms with E-state index in [1.807, 2.05) is 73.7 Å². The van der Waals surface area contributed by atoms with Crippen LogP contribution in [0.5, 0.6) is 11.5 Å². The van der Waals surface area contributed by atoms with Crippen molar-refractivity contribution in [1.29, 1.82) is 0 Å². The van der Waals surface area contributed by atoms with Gasteiger partial charge < -0.3 is 14.8 Å². The molecule has 0 aliphatic carbocycles. The van der Waals surface area contributed by atoms with Crippen molar-refractivity contribution in [1.82, 2.24) is 5.32 Å². The number of para-hydroxylation sites is 1. The molecule has 1 amide bonds. The van der Waals surface area contributed by atoms with E-state index in [0.717, 1.165) is 20.4 Å². The molecule has 1 saturated heterocycles. The first kappa shape index (κ1) is 24.4. The molecule has 0 unspecified atom stereocenters. The number of nitrogens with one attached hydrogen (secondary N) is 1. The van der Waals surface area contributed by atoms with Crippen LogP contribution in [0.25, 0.3) is 16.8 Å². The van der Waals surface area contributed by atoms with Crippen molar-refractivity contribution in [3.05, 3.63) is 105 Å². The summed E-state index contributed by atoms with van der Waals surface area (Å²) >= 11 is 3.58. The van der Waals surface area contributed by atoms with Crippen LogP contribution in [0, 0.1) is 3.57 Å². The van der Waals surface area contributed by atoms with Gasteiger partial charge >= 0.3 is 0 Å². The largest absolute Gasteiger partial charge is 0.490 e. The topological polar surface area (TPSA) is 59.9 Å². The summed E-state index contributed by atoms with van der Waals surface area (Å²) in [5.74, 6) is 1.18. The van der Waals surface area contributed by atoms with Crippen molar-refractivity contribution in [3.8, 4) is 11.5 Å². The second-order valence-electron chi connectivity index (χ2n) is 8.01. The highest BCUT2D eigenvalue weighted by Gasteiger charge is 2.24. The van der Waals surface area contributed by atoms with Gasteiger partial charge in [-0.3, -0.25) is 4.79 Å². The Bertz CT molecular complexity index is 1480. The van der Waals surface area contributed by atoms with E-state index in [9.17, 15) is 4.79 Å². The number of rotatable bonds is 7. The first-order valence-electron chi connectivity index (χ1n) is 11.5. The van der Waals surface area contributed by atoms with E-state index in [-0.39, 0.29) is 5.91 Å². The number of aliphatic imine (C=N–C) groups is 1. The fourth-order valence-electron chi connectivity index (χ4n) is 3.89. The molecule has 1 heterocycles. The summed E-state index contributed by atoms with van der Waals surface area (Å²) in [6, 6.07) is 28.0. The Morgan fingerprint density at radius 3 is 2.58 bits per heavy atom. The standard InChI is InChI=1S/C29H23IN2O3S/c1-2-34-25-16-19(17-26-28(33)32-29(36-26)31-22-12-4-3-5-13-22)15-24(30)27(25)35-18-21-11-8-10-20-9-6-7-14-23(20)21/h3-17H,2,18H2,1H3,(H,31,32,33)/b26-17-. The fraction of sp³-hybridized carbons (Fsp3) is 0.103. The van der Waals surface area contributed by atoms with Gasteiger partial charge in [0.1, 0.15) is 6.61 Å². The lowest BCUT2D eigenvalue weighted by atomic mass is 10.1. The van der Waals surface area contributed by atoms with Gasteiger partial charge in [0.05, 0.1) is 20.8 Å². The summed E-state index contributed by atoms with van der Waals surface area (Å²) in [4.78, 5) is 17.7. The van der Waals surface area contributed by atoms with Crippen LogP contribution in [0.3, 0.4) is 0 Å². The molecule has 4 aromatic carbocycles. The zero-order valence-electron chi connectivity index (χ0n) is 19.5. The number of hydrogen-bond donors (Lipinski definition) is 1. The van der Waals surface area contributed by atoms with Crippen LogP contribution in [0.15, 0.2) is 94.8 Å². The van der Waals surface area contributed by atoms with Gasteiger partial charge in [0.2, 0.25) is 0 Å². The summed E-state index contributed by atoms with van der Waals surface area (Å²) in [6.07, 6.45) is 1.85. The smallest absolute Gasteiger partial charge is 0.264 e. The van der Waals surface area contributed by atoms with Crippen molar-refractivity contribution >= 4 is 68.0 Å². The van der Waals surface area contributed by atoms with Gasteiger partial charge in [-0.15, -0.1) is 0 Å².